The maximum Gasteiger partial charge on any atom is 0.407 e. The predicted octanol–water partition coefficient (Wildman–Crippen LogP) is 5.18. The lowest BCUT2D eigenvalue weighted by molar-refractivity contribution is -0.139. The molecule has 3 aromatic carbocycles. The number of fused-ring (bicyclic) bond motifs is 3. The maximum atomic E-state index is 12.5. The summed E-state index contributed by atoms with van der Waals surface area (Å²) < 4.78 is 10.8. The number of benzene rings is 3. The van der Waals surface area contributed by atoms with Gasteiger partial charge in [-0.3, -0.25) is 0 Å². The number of carbonyl (C=O) groups is 3. The zero-order chi connectivity index (χ0) is 25.9. The van der Waals surface area contributed by atoms with E-state index in [2.05, 4.69) is 5.32 Å². The lowest BCUT2D eigenvalue weighted by Gasteiger charge is -2.19. The van der Waals surface area contributed by atoms with E-state index in [0.29, 0.717) is 11.1 Å². The molecule has 36 heavy (non-hydrogen) atoms. The second-order valence-electron chi connectivity index (χ2n) is 9.76. The number of carbonyl (C=O) groups excluding carboxylic acids is 2. The summed E-state index contributed by atoms with van der Waals surface area (Å²) in [6.07, 6.45) is -0.761. The molecule has 1 atom stereocenters. The van der Waals surface area contributed by atoms with E-state index in [9.17, 15) is 19.5 Å². The maximum absolute atomic E-state index is 12.5. The molecule has 0 spiro atoms. The first-order valence-corrected chi connectivity index (χ1v) is 11.8. The Kier molecular flexibility index (Phi) is 7.10. The number of nitrogens with one attached hydrogen (secondary N) is 1. The van der Waals surface area contributed by atoms with Crippen molar-refractivity contribution in [3.8, 4) is 11.1 Å². The molecule has 0 radical (unpaired) electrons. The highest BCUT2D eigenvalue weighted by Gasteiger charge is 2.30. The summed E-state index contributed by atoms with van der Waals surface area (Å²) in [5.41, 5.74) is 4.77. The van der Waals surface area contributed by atoms with Crippen molar-refractivity contribution >= 4 is 18.0 Å². The highest BCUT2D eigenvalue weighted by Crippen LogP contribution is 2.44. The number of alkyl carbamates (subject to hydrolysis) is 1. The Morgan fingerprint density at radius 2 is 1.44 bits per heavy atom. The standard InChI is InChI=1S/C29H29NO6/c1-29(2,3)36-27(33)19-14-12-18(13-15-19)16-25(26(31)32)30-28(34)35-17-24-22-10-6-4-8-20(22)21-9-5-7-11-23(21)24/h4-15,24-25H,16-17H2,1-3H3,(H,30,34)(H,31,32)/t25-/m1/s1. The lowest BCUT2D eigenvalue weighted by Crippen LogP contribution is -2.42. The molecule has 2 N–H and O–H groups in total. The second kappa shape index (κ2) is 10.2. The average Bonchev–Trinajstić information content (AvgIpc) is 3.15. The van der Waals surface area contributed by atoms with Crippen molar-refractivity contribution < 1.29 is 29.0 Å². The lowest BCUT2D eigenvalue weighted by atomic mass is 9.98. The average molecular weight is 488 g/mol. The molecule has 1 aliphatic carbocycles. The third-order valence-corrected chi connectivity index (χ3v) is 5.96. The Bertz CT molecular complexity index is 1230. The van der Waals surface area contributed by atoms with Crippen molar-refractivity contribution in [1.82, 2.24) is 5.32 Å². The van der Waals surface area contributed by atoms with E-state index in [0.717, 1.165) is 22.3 Å². The zero-order valence-electron chi connectivity index (χ0n) is 20.5. The van der Waals surface area contributed by atoms with Crippen LogP contribution >= 0.6 is 0 Å². The molecule has 186 valence electrons. The van der Waals surface area contributed by atoms with Gasteiger partial charge in [0.25, 0.3) is 0 Å². The molecule has 3 aromatic rings. The molecule has 0 fully saturated rings. The van der Waals surface area contributed by atoms with Gasteiger partial charge in [0.05, 0.1) is 5.56 Å². The fourth-order valence-corrected chi connectivity index (χ4v) is 4.33. The summed E-state index contributed by atoms with van der Waals surface area (Å²) in [6, 6.07) is 21.2. The number of aliphatic carboxylic acids is 1. The molecule has 0 aromatic heterocycles. The van der Waals surface area contributed by atoms with Gasteiger partial charge in [-0.25, -0.2) is 14.4 Å². The fraction of sp³-hybridized carbons (Fsp3) is 0.276. The van der Waals surface area contributed by atoms with E-state index in [4.69, 9.17) is 9.47 Å². The van der Waals surface area contributed by atoms with Gasteiger partial charge in [0.1, 0.15) is 18.2 Å². The fourth-order valence-electron chi connectivity index (χ4n) is 4.33. The van der Waals surface area contributed by atoms with E-state index in [-0.39, 0.29) is 18.9 Å². The van der Waals surface area contributed by atoms with Crippen LogP contribution in [0, 0.1) is 0 Å². The number of carboxylic acid groups (broad SMARTS) is 1. The summed E-state index contributed by atoms with van der Waals surface area (Å²) in [6.45, 7) is 5.44. The minimum atomic E-state index is -1.19. The van der Waals surface area contributed by atoms with Crippen LogP contribution < -0.4 is 5.32 Å². The van der Waals surface area contributed by atoms with Crippen molar-refractivity contribution in [3.63, 3.8) is 0 Å². The van der Waals surface area contributed by atoms with Crippen LogP contribution in [0.1, 0.15) is 53.7 Å². The molecule has 1 amide bonds. The van der Waals surface area contributed by atoms with Crippen LogP contribution in [0.3, 0.4) is 0 Å². The van der Waals surface area contributed by atoms with Gasteiger partial charge in [-0.1, -0.05) is 60.7 Å². The molecule has 7 heteroatoms. The highest BCUT2D eigenvalue weighted by molar-refractivity contribution is 5.89. The molecule has 1 aliphatic rings. The first kappa shape index (κ1) is 25.0. The van der Waals surface area contributed by atoms with Crippen LogP contribution in [-0.2, 0) is 20.7 Å². The Balaban J connectivity index is 1.37. The van der Waals surface area contributed by atoms with Gasteiger partial charge in [0.2, 0.25) is 0 Å². The minimum absolute atomic E-state index is 0.0358. The summed E-state index contributed by atoms with van der Waals surface area (Å²) in [4.78, 5) is 36.6. The molecule has 4 rings (SSSR count). The van der Waals surface area contributed by atoms with Gasteiger partial charge >= 0.3 is 18.0 Å². The van der Waals surface area contributed by atoms with Gasteiger partial charge in [0.15, 0.2) is 0 Å². The Morgan fingerprint density at radius 3 is 1.97 bits per heavy atom. The number of esters is 1. The van der Waals surface area contributed by atoms with Crippen LogP contribution in [0.15, 0.2) is 72.8 Å². The van der Waals surface area contributed by atoms with Crippen molar-refractivity contribution in [2.24, 2.45) is 0 Å². The first-order chi connectivity index (χ1) is 17.1. The Labute approximate surface area is 210 Å². The Morgan fingerprint density at radius 1 is 0.889 bits per heavy atom. The van der Waals surface area contributed by atoms with Gasteiger partial charge in [0, 0.05) is 12.3 Å². The van der Waals surface area contributed by atoms with Crippen LogP contribution in [0.4, 0.5) is 4.79 Å². The van der Waals surface area contributed by atoms with E-state index >= 15 is 0 Å². The first-order valence-electron chi connectivity index (χ1n) is 11.8. The quantitative estimate of drug-likeness (QED) is 0.446. The van der Waals surface area contributed by atoms with Gasteiger partial charge < -0.3 is 19.9 Å². The third kappa shape index (κ3) is 5.74. The Hall–Kier alpha value is -4.13. The van der Waals surface area contributed by atoms with Crippen molar-refractivity contribution in [1.29, 1.82) is 0 Å². The molecular formula is C29H29NO6. The van der Waals surface area contributed by atoms with Gasteiger partial charge in [-0.2, -0.15) is 0 Å². The van der Waals surface area contributed by atoms with Crippen LogP contribution in [0.25, 0.3) is 11.1 Å². The molecule has 7 nitrogen and oxygen atoms in total. The van der Waals surface area contributed by atoms with Crippen LogP contribution in [0.5, 0.6) is 0 Å². The van der Waals surface area contributed by atoms with E-state index < -0.39 is 29.7 Å². The summed E-state index contributed by atoms with van der Waals surface area (Å²) in [7, 11) is 0. The summed E-state index contributed by atoms with van der Waals surface area (Å²) >= 11 is 0. The number of carboxylic acids is 1. The van der Waals surface area contributed by atoms with Gasteiger partial charge in [-0.05, 0) is 60.7 Å². The summed E-state index contributed by atoms with van der Waals surface area (Å²) in [5.74, 6) is -1.76. The van der Waals surface area contributed by atoms with Crippen molar-refractivity contribution in [2.75, 3.05) is 6.61 Å². The predicted molar refractivity (Wildman–Crippen MR) is 135 cm³/mol. The normalized spacial score (nSPS) is 13.3. The smallest absolute Gasteiger partial charge is 0.407 e. The van der Waals surface area contributed by atoms with E-state index in [1.54, 1.807) is 45.0 Å². The monoisotopic (exact) mass is 487 g/mol. The number of hydrogen-bond donors (Lipinski definition) is 2. The zero-order valence-corrected chi connectivity index (χ0v) is 20.5. The van der Waals surface area contributed by atoms with Crippen molar-refractivity contribution in [2.45, 2.75) is 44.8 Å². The molecule has 0 heterocycles. The van der Waals surface area contributed by atoms with Crippen LogP contribution in [-0.4, -0.2) is 41.4 Å². The number of amides is 1. The minimum Gasteiger partial charge on any atom is -0.480 e. The molecule has 0 aliphatic heterocycles. The SMILES string of the molecule is CC(C)(C)OC(=O)c1ccc(C[C@@H](NC(=O)OCC2c3ccccc3-c3ccccc32)C(=O)O)cc1. The molecule has 0 saturated carbocycles. The van der Waals surface area contributed by atoms with Gasteiger partial charge in [-0.15, -0.1) is 0 Å². The molecule has 0 bridgehead atoms. The van der Waals surface area contributed by atoms with Crippen LogP contribution in [0.2, 0.25) is 0 Å². The molecular weight excluding hydrogens is 458 g/mol. The topological polar surface area (TPSA) is 102 Å². The largest absolute Gasteiger partial charge is 0.480 e. The molecule has 0 unspecified atom stereocenters. The van der Waals surface area contributed by atoms with Crippen molar-refractivity contribution in [3.05, 3.63) is 95.1 Å². The van der Waals surface area contributed by atoms with E-state index in [1.165, 1.54) is 0 Å². The van der Waals surface area contributed by atoms with E-state index in [1.807, 2.05) is 48.5 Å². The number of rotatable bonds is 7. The highest BCUT2D eigenvalue weighted by atomic mass is 16.6. The number of hydrogen-bond acceptors (Lipinski definition) is 5. The second-order valence-corrected chi connectivity index (χ2v) is 9.76. The number of ether oxygens (including phenoxy) is 2. The molecule has 0 saturated heterocycles. The summed E-state index contributed by atoms with van der Waals surface area (Å²) in [5, 5.41) is 12.1. The third-order valence-electron chi connectivity index (χ3n) is 5.96.